The van der Waals surface area contributed by atoms with E-state index in [-0.39, 0.29) is 20.6 Å². The molecule has 0 saturated carbocycles. The molecule has 31 heavy (non-hydrogen) atoms. The molecule has 2 aromatic carbocycles. The first-order valence-electron chi connectivity index (χ1n) is 8.73. The maximum atomic E-state index is 12.5. The van der Waals surface area contributed by atoms with E-state index in [1.807, 2.05) is 0 Å². The molecule has 160 valence electrons. The van der Waals surface area contributed by atoms with Crippen molar-refractivity contribution in [2.24, 2.45) is 0 Å². The van der Waals surface area contributed by atoms with Gasteiger partial charge in [0.25, 0.3) is 10.0 Å². The minimum Gasteiger partial charge on any atom is -0.477 e. The predicted molar refractivity (Wildman–Crippen MR) is 120 cm³/mol. The van der Waals surface area contributed by atoms with Gasteiger partial charge in [-0.05, 0) is 48.9 Å². The lowest BCUT2D eigenvalue weighted by Crippen LogP contribution is -2.13. The molecule has 3 aromatic rings. The molecule has 0 saturated heterocycles. The molecule has 11 heteroatoms. The van der Waals surface area contributed by atoms with Crippen LogP contribution in [0.1, 0.15) is 20.9 Å². The lowest BCUT2D eigenvalue weighted by Gasteiger charge is -2.07. The van der Waals surface area contributed by atoms with E-state index in [2.05, 4.69) is 15.0 Å². The van der Waals surface area contributed by atoms with Gasteiger partial charge in [-0.15, -0.1) is 0 Å². The molecule has 1 heterocycles. The lowest BCUT2D eigenvalue weighted by atomic mass is 10.2. The maximum Gasteiger partial charge on any atom is 0.347 e. The summed E-state index contributed by atoms with van der Waals surface area (Å²) in [6, 6.07) is 12.6. The summed E-state index contributed by atoms with van der Waals surface area (Å²) in [5, 5.41) is 12.2. The highest BCUT2D eigenvalue weighted by molar-refractivity contribution is 7.93. The van der Waals surface area contributed by atoms with E-state index in [0.717, 1.165) is 11.3 Å². The molecule has 3 N–H and O–H groups in total. The molecule has 0 radical (unpaired) electrons. The highest BCUT2D eigenvalue weighted by Crippen LogP contribution is 2.25. The van der Waals surface area contributed by atoms with Gasteiger partial charge < -0.3 is 10.4 Å². The summed E-state index contributed by atoms with van der Waals surface area (Å²) in [5.41, 5.74) is 1.31. The van der Waals surface area contributed by atoms with Gasteiger partial charge in [-0.25, -0.2) is 18.2 Å². The first-order chi connectivity index (χ1) is 14.7. The van der Waals surface area contributed by atoms with Crippen LogP contribution in [-0.4, -0.2) is 30.4 Å². The fraction of sp³-hybridized carbons (Fsp3) is 0.0500. The Morgan fingerprint density at radius 2 is 1.81 bits per heavy atom. The summed E-state index contributed by atoms with van der Waals surface area (Å²) in [5.74, 6) is -1.59. The van der Waals surface area contributed by atoms with Crippen molar-refractivity contribution in [2.45, 2.75) is 11.8 Å². The number of nitrogens with zero attached hydrogens (tertiary/aromatic N) is 1. The van der Waals surface area contributed by atoms with E-state index in [1.54, 1.807) is 30.3 Å². The van der Waals surface area contributed by atoms with Crippen LogP contribution in [0.5, 0.6) is 0 Å². The number of amides is 1. The van der Waals surface area contributed by atoms with Gasteiger partial charge in [-0.2, -0.15) is 0 Å². The highest BCUT2D eigenvalue weighted by Gasteiger charge is 2.20. The molecule has 0 spiro atoms. The highest BCUT2D eigenvalue weighted by atomic mass is 35.5. The second-order valence-corrected chi connectivity index (χ2v) is 9.30. The monoisotopic (exact) mass is 477 g/mol. The van der Waals surface area contributed by atoms with Crippen molar-refractivity contribution in [1.82, 2.24) is 4.98 Å². The zero-order valence-electron chi connectivity index (χ0n) is 16.0. The maximum absolute atomic E-state index is 12.5. The Bertz CT molecular complexity index is 1270. The van der Waals surface area contributed by atoms with Crippen LogP contribution in [0, 0.1) is 6.92 Å². The number of carbonyl (C=O) groups is 2. The summed E-state index contributed by atoms with van der Waals surface area (Å²) in [6.45, 7) is 1.48. The number of halogens is 1. The van der Waals surface area contributed by atoms with E-state index in [0.29, 0.717) is 16.3 Å². The largest absolute Gasteiger partial charge is 0.477 e. The molecule has 3 rings (SSSR count). The van der Waals surface area contributed by atoms with Crippen molar-refractivity contribution in [3.63, 3.8) is 0 Å². The topological polar surface area (TPSA) is 125 Å². The first-order valence-corrected chi connectivity index (χ1v) is 11.4. The third kappa shape index (κ3) is 5.69. The Kier molecular flexibility index (Phi) is 6.74. The molecule has 0 bridgehead atoms. The first kappa shape index (κ1) is 22.5. The van der Waals surface area contributed by atoms with Crippen molar-refractivity contribution in [2.75, 3.05) is 10.0 Å². The van der Waals surface area contributed by atoms with Gasteiger partial charge in [-0.1, -0.05) is 41.1 Å². The Morgan fingerprint density at radius 3 is 2.42 bits per heavy atom. The van der Waals surface area contributed by atoms with Gasteiger partial charge in [0.15, 0.2) is 5.13 Å². The molecular formula is C20H16ClN3O5S2. The predicted octanol–water partition coefficient (Wildman–Crippen LogP) is 4.26. The Morgan fingerprint density at radius 1 is 1.13 bits per heavy atom. The minimum atomic E-state index is -3.98. The number of hydrogen-bond donors (Lipinski definition) is 3. The van der Waals surface area contributed by atoms with Crippen LogP contribution in [-0.2, 0) is 14.8 Å². The quantitative estimate of drug-likeness (QED) is 0.436. The number of aromatic carboxylic acids is 1. The molecule has 0 fully saturated rings. The summed E-state index contributed by atoms with van der Waals surface area (Å²) < 4.78 is 27.3. The fourth-order valence-electron chi connectivity index (χ4n) is 2.49. The molecule has 0 aliphatic carbocycles. The minimum absolute atomic E-state index is 0.0411. The molecule has 0 aliphatic heterocycles. The molecule has 8 nitrogen and oxygen atoms in total. The number of nitrogens with one attached hydrogen (secondary N) is 2. The number of thiazole rings is 1. The molecule has 0 unspecified atom stereocenters. The second-order valence-electron chi connectivity index (χ2n) is 6.21. The van der Waals surface area contributed by atoms with Crippen molar-refractivity contribution in [1.29, 1.82) is 0 Å². The summed E-state index contributed by atoms with van der Waals surface area (Å²) in [7, 11) is -3.98. The smallest absolute Gasteiger partial charge is 0.347 e. The molecule has 0 aliphatic rings. The van der Waals surface area contributed by atoms with Gasteiger partial charge in [0.05, 0.1) is 10.6 Å². The van der Waals surface area contributed by atoms with E-state index in [4.69, 9.17) is 16.7 Å². The number of sulfonamides is 1. The van der Waals surface area contributed by atoms with Crippen LogP contribution in [0.25, 0.3) is 6.08 Å². The molecule has 1 aromatic heterocycles. The van der Waals surface area contributed by atoms with Crippen molar-refractivity contribution < 1.29 is 23.1 Å². The van der Waals surface area contributed by atoms with Crippen LogP contribution in [0.3, 0.4) is 0 Å². The van der Waals surface area contributed by atoms with Gasteiger partial charge in [-0.3, -0.25) is 9.52 Å². The normalized spacial score (nSPS) is 11.4. The average molecular weight is 478 g/mol. The van der Waals surface area contributed by atoms with E-state index in [1.165, 1.54) is 37.3 Å². The fourth-order valence-corrected chi connectivity index (χ4v) is 4.73. The molecule has 0 atom stereocenters. The molecular weight excluding hydrogens is 462 g/mol. The number of carboxylic acid groups (broad SMARTS) is 1. The van der Waals surface area contributed by atoms with E-state index in [9.17, 15) is 18.0 Å². The lowest BCUT2D eigenvalue weighted by molar-refractivity contribution is -0.111. The number of aryl methyl sites for hydroxylation is 1. The van der Waals surface area contributed by atoms with Gasteiger partial charge >= 0.3 is 5.97 Å². The van der Waals surface area contributed by atoms with Crippen molar-refractivity contribution in [3.8, 4) is 0 Å². The number of carbonyl (C=O) groups excluding carboxylic acids is 1. The summed E-state index contributed by atoms with van der Waals surface area (Å²) in [6.07, 6.45) is 2.89. The Balaban J connectivity index is 1.67. The SMILES string of the molecule is Cc1nc(NS(=O)(=O)c2ccc(NC(=O)/C=C/c3ccccc3Cl)cc2)sc1C(=O)O. The number of benzene rings is 2. The van der Waals surface area contributed by atoms with Crippen LogP contribution < -0.4 is 10.0 Å². The third-order valence-corrected chi connectivity index (χ3v) is 6.85. The Hall–Kier alpha value is -3.21. The zero-order chi connectivity index (χ0) is 22.6. The van der Waals surface area contributed by atoms with Crippen molar-refractivity contribution >= 4 is 61.7 Å². The van der Waals surface area contributed by atoms with E-state index < -0.39 is 21.9 Å². The van der Waals surface area contributed by atoms with Gasteiger partial charge in [0, 0.05) is 16.8 Å². The Labute approximate surface area is 187 Å². The number of aromatic nitrogens is 1. The van der Waals surface area contributed by atoms with Crippen LogP contribution in [0.4, 0.5) is 10.8 Å². The number of hydrogen-bond acceptors (Lipinski definition) is 6. The standard InChI is InChI=1S/C20H16ClN3O5S2/c1-12-18(19(26)27)30-20(22-12)24-31(28,29)15-9-7-14(8-10-15)23-17(25)11-6-13-4-2-3-5-16(13)21/h2-11H,1H3,(H,22,24)(H,23,25)(H,26,27)/b11-6+. The third-order valence-electron chi connectivity index (χ3n) is 3.96. The summed E-state index contributed by atoms with van der Waals surface area (Å²) >= 11 is 6.76. The van der Waals surface area contributed by atoms with Gasteiger partial charge in [0.1, 0.15) is 4.88 Å². The van der Waals surface area contributed by atoms with Crippen LogP contribution in [0.2, 0.25) is 5.02 Å². The van der Waals surface area contributed by atoms with Crippen LogP contribution in [0.15, 0.2) is 59.5 Å². The van der Waals surface area contributed by atoms with E-state index >= 15 is 0 Å². The number of anilines is 2. The number of carboxylic acids is 1. The summed E-state index contributed by atoms with van der Waals surface area (Å²) in [4.78, 5) is 27.0. The second kappa shape index (κ2) is 9.29. The zero-order valence-corrected chi connectivity index (χ0v) is 18.4. The van der Waals surface area contributed by atoms with Crippen LogP contribution >= 0.6 is 22.9 Å². The molecule has 1 amide bonds. The van der Waals surface area contributed by atoms with Crippen molar-refractivity contribution in [3.05, 3.63) is 75.8 Å². The average Bonchev–Trinajstić information content (AvgIpc) is 3.07. The number of rotatable bonds is 7. The van der Waals surface area contributed by atoms with Gasteiger partial charge in [0.2, 0.25) is 5.91 Å².